The minimum atomic E-state index is 0.270. The zero-order valence-corrected chi connectivity index (χ0v) is 11.4. The van der Waals surface area contributed by atoms with Gasteiger partial charge in [-0.1, -0.05) is 6.92 Å². The Morgan fingerprint density at radius 3 is 3.05 bits per heavy atom. The van der Waals surface area contributed by atoms with Crippen molar-refractivity contribution in [3.8, 4) is 17.2 Å². The Hall–Kier alpha value is -1.42. The fraction of sp³-hybridized carbons (Fsp3) is 0.600. The molecule has 0 spiro atoms. The molecule has 1 fully saturated rings. The summed E-state index contributed by atoms with van der Waals surface area (Å²) in [4.78, 5) is 0. The van der Waals surface area contributed by atoms with Crippen LogP contribution in [0.5, 0.6) is 17.2 Å². The fourth-order valence-corrected chi connectivity index (χ4v) is 2.76. The van der Waals surface area contributed by atoms with Crippen LogP contribution < -0.4 is 19.5 Å². The third-order valence-electron chi connectivity index (χ3n) is 3.74. The summed E-state index contributed by atoms with van der Waals surface area (Å²) in [5.74, 6) is 2.47. The molecule has 1 heterocycles. The standard InChI is InChI=1S/C15H21NO3/c1-2-8-16-12-4-3-5-13(12)19-11-6-7-14-15(9-11)18-10-17-14/h6-7,9,12-13,16H,2-5,8,10H2,1H3. The van der Waals surface area contributed by atoms with Crippen molar-refractivity contribution in [2.45, 2.75) is 44.8 Å². The number of nitrogens with one attached hydrogen (secondary N) is 1. The van der Waals surface area contributed by atoms with Crippen molar-refractivity contribution >= 4 is 0 Å². The summed E-state index contributed by atoms with van der Waals surface area (Å²) in [6.45, 7) is 3.56. The number of hydrogen-bond acceptors (Lipinski definition) is 4. The van der Waals surface area contributed by atoms with Crippen molar-refractivity contribution in [1.29, 1.82) is 0 Å². The highest BCUT2D eigenvalue weighted by molar-refractivity contribution is 5.46. The second-order valence-electron chi connectivity index (χ2n) is 5.16. The monoisotopic (exact) mass is 263 g/mol. The normalized spacial score (nSPS) is 24.7. The van der Waals surface area contributed by atoms with Gasteiger partial charge >= 0.3 is 0 Å². The second kappa shape index (κ2) is 5.70. The molecule has 1 N–H and O–H groups in total. The van der Waals surface area contributed by atoms with E-state index in [0.29, 0.717) is 12.8 Å². The smallest absolute Gasteiger partial charge is 0.231 e. The molecule has 4 nitrogen and oxygen atoms in total. The molecule has 0 amide bonds. The van der Waals surface area contributed by atoms with E-state index in [1.807, 2.05) is 18.2 Å². The molecule has 1 aromatic carbocycles. The number of hydrogen-bond donors (Lipinski definition) is 1. The lowest BCUT2D eigenvalue weighted by molar-refractivity contribution is 0.170. The Morgan fingerprint density at radius 2 is 2.16 bits per heavy atom. The van der Waals surface area contributed by atoms with Crippen molar-refractivity contribution in [1.82, 2.24) is 5.32 Å². The number of benzene rings is 1. The van der Waals surface area contributed by atoms with E-state index in [-0.39, 0.29) is 6.10 Å². The molecule has 1 aliphatic heterocycles. The zero-order valence-electron chi connectivity index (χ0n) is 11.4. The molecule has 2 atom stereocenters. The van der Waals surface area contributed by atoms with Gasteiger partial charge < -0.3 is 19.5 Å². The van der Waals surface area contributed by atoms with Crippen molar-refractivity contribution in [3.63, 3.8) is 0 Å². The highest BCUT2D eigenvalue weighted by Gasteiger charge is 2.28. The first-order valence-electron chi connectivity index (χ1n) is 7.16. The maximum Gasteiger partial charge on any atom is 0.231 e. The van der Waals surface area contributed by atoms with Crippen LogP contribution in [0.15, 0.2) is 18.2 Å². The minimum absolute atomic E-state index is 0.270. The third-order valence-corrected chi connectivity index (χ3v) is 3.74. The van der Waals surface area contributed by atoms with Gasteiger partial charge in [0.05, 0.1) is 0 Å². The van der Waals surface area contributed by atoms with Crippen LogP contribution in [0.1, 0.15) is 32.6 Å². The van der Waals surface area contributed by atoms with Gasteiger partial charge in [0.1, 0.15) is 11.9 Å². The van der Waals surface area contributed by atoms with Crippen LogP contribution in [0.2, 0.25) is 0 Å². The molecule has 2 aliphatic rings. The lowest BCUT2D eigenvalue weighted by atomic mass is 10.2. The van der Waals surface area contributed by atoms with Gasteiger partial charge in [0.15, 0.2) is 11.5 Å². The summed E-state index contributed by atoms with van der Waals surface area (Å²) in [5, 5.41) is 3.57. The van der Waals surface area contributed by atoms with Gasteiger partial charge in [-0.2, -0.15) is 0 Å². The molecule has 3 rings (SSSR count). The zero-order chi connectivity index (χ0) is 13.1. The Morgan fingerprint density at radius 1 is 1.26 bits per heavy atom. The van der Waals surface area contributed by atoms with Crippen molar-refractivity contribution in [2.75, 3.05) is 13.3 Å². The largest absolute Gasteiger partial charge is 0.489 e. The Balaban J connectivity index is 1.64. The predicted molar refractivity (Wildman–Crippen MR) is 72.9 cm³/mol. The third kappa shape index (κ3) is 2.78. The van der Waals surface area contributed by atoms with E-state index in [9.17, 15) is 0 Å². The molecular weight excluding hydrogens is 242 g/mol. The molecule has 4 heteroatoms. The van der Waals surface area contributed by atoms with Gasteiger partial charge in [0.2, 0.25) is 6.79 Å². The fourth-order valence-electron chi connectivity index (χ4n) is 2.76. The van der Waals surface area contributed by atoms with Crippen molar-refractivity contribution in [2.24, 2.45) is 0 Å². The molecule has 0 aromatic heterocycles. The Bertz CT molecular complexity index is 435. The Kier molecular flexibility index (Phi) is 3.78. The molecule has 1 aliphatic carbocycles. The van der Waals surface area contributed by atoms with Crippen molar-refractivity contribution in [3.05, 3.63) is 18.2 Å². The summed E-state index contributed by atoms with van der Waals surface area (Å²) in [6, 6.07) is 6.28. The van der Waals surface area contributed by atoms with Gasteiger partial charge in [0.25, 0.3) is 0 Å². The molecular formula is C15H21NO3. The summed E-state index contributed by atoms with van der Waals surface area (Å²) < 4.78 is 16.8. The van der Waals surface area contributed by atoms with Gasteiger partial charge in [-0.25, -0.2) is 0 Å². The maximum atomic E-state index is 6.11. The number of fused-ring (bicyclic) bond motifs is 1. The van der Waals surface area contributed by atoms with E-state index < -0.39 is 0 Å². The highest BCUT2D eigenvalue weighted by atomic mass is 16.7. The van der Waals surface area contributed by atoms with E-state index in [2.05, 4.69) is 12.2 Å². The van der Waals surface area contributed by atoms with Gasteiger partial charge in [0, 0.05) is 12.1 Å². The second-order valence-corrected chi connectivity index (χ2v) is 5.16. The first kappa shape index (κ1) is 12.6. The quantitative estimate of drug-likeness (QED) is 0.886. The minimum Gasteiger partial charge on any atom is -0.489 e. The van der Waals surface area contributed by atoms with E-state index in [1.54, 1.807) is 0 Å². The SMILES string of the molecule is CCCNC1CCCC1Oc1ccc2c(c1)OCO2. The Labute approximate surface area is 114 Å². The first-order valence-corrected chi connectivity index (χ1v) is 7.16. The van der Waals surface area contributed by atoms with Crippen LogP contribution in [0.4, 0.5) is 0 Å². The molecule has 0 bridgehead atoms. The summed E-state index contributed by atoms with van der Waals surface area (Å²) in [7, 11) is 0. The number of ether oxygens (including phenoxy) is 3. The van der Waals surface area contributed by atoms with Crippen LogP contribution in [0.25, 0.3) is 0 Å². The van der Waals surface area contributed by atoms with Crippen molar-refractivity contribution < 1.29 is 14.2 Å². The topological polar surface area (TPSA) is 39.7 Å². The lowest BCUT2D eigenvalue weighted by Crippen LogP contribution is -2.39. The van der Waals surface area contributed by atoms with Crippen LogP contribution in [0.3, 0.4) is 0 Å². The van der Waals surface area contributed by atoms with E-state index in [4.69, 9.17) is 14.2 Å². The molecule has 0 radical (unpaired) electrons. The van der Waals surface area contributed by atoms with E-state index >= 15 is 0 Å². The predicted octanol–water partition coefficient (Wildman–Crippen LogP) is 2.71. The summed E-state index contributed by atoms with van der Waals surface area (Å²) in [6.07, 6.45) is 4.99. The number of rotatable bonds is 5. The van der Waals surface area contributed by atoms with E-state index in [0.717, 1.165) is 36.6 Å². The highest BCUT2D eigenvalue weighted by Crippen LogP contribution is 2.36. The van der Waals surface area contributed by atoms with Gasteiger partial charge in [-0.15, -0.1) is 0 Å². The van der Waals surface area contributed by atoms with E-state index in [1.165, 1.54) is 12.8 Å². The molecule has 1 saturated carbocycles. The molecule has 0 saturated heterocycles. The molecule has 2 unspecified atom stereocenters. The molecule has 1 aromatic rings. The van der Waals surface area contributed by atoms with Crippen LogP contribution in [0, 0.1) is 0 Å². The molecule has 104 valence electrons. The summed E-state index contributed by atoms with van der Waals surface area (Å²) >= 11 is 0. The van der Waals surface area contributed by atoms with Crippen LogP contribution >= 0.6 is 0 Å². The first-order chi connectivity index (χ1) is 9.36. The maximum absolute atomic E-state index is 6.11. The average molecular weight is 263 g/mol. The van der Waals surface area contributed by atoms with Crippen LogP contribution in [-0.2, 0) is 0 Å². The van der Waals surface area contributed by atoms with Gasteiger partial charge in [-0.3, -0.25) is 0 Å². The lowest BCUT2D eigenvalue weighted by Gasteiger charge is -2.22. The summed E-state index contributed by atoms with van der Waals surface area (Å²) in [5.41, 5.74) is 0. The average Bonchev–Trinajstić information content (AvgIpc) is 3.05. The van der Waals surface area contributed by atoms with Gasteiger partial charge in [-0.05, 0) is 44.4 Å². The molecule has 19 heavy (non-hydrogen) atoms. The van der Waals surface area contributed by atoms with Crippen LogP contribution in [-0.4, -0.2) is 25.5 Å².